The normalized spacial score (nSPS) is 18.2. The van der Waals surface area contributed by atoms with Crippen molar-refractivity contribution in [2.45, 2.75) is 65.5 Å². The van der Waals surface area contributed by atoms with Gasteiger partial charge in [0.15, 0.2) is 0 Å². The lowest BCUT2D eigenvalue weighted by Crippen LogP contribution is -2.50. The van der Waals surface area contributed by atoms with Crippen LogP contribution in [0.15, 0.2) is 4.99 Å². The number of nitrogens with two attached hydrogens (primary N) is 1. The monoisotopic (exact) mass is 240 g/mol. The first-order valence-electron chi connectivity index (χ1n) is 6.85. The van der Waals surface area contributed by atoms with E-state index < -0.39 is 0 Å². The topological polar surface area (TPSA) is 53.6 Å². The number of aliphatic imine (C=N–C) groups is 1. The quantitative estimate of drug-likeness (QED) is 0.342. The van der Waals surface area contributed by atoms with Gasteiger partial charge in [0.25, 0.3) is 0 Å². The highest BCUT2D eigenvalue weighted by molar-refractivity contribution is 5.80. The van der Waals surface area contributed by atoms with Crippen LogP contribution in [0.25, 0.3) is 0 Å². The molecule has 0 atom stereocenters. The van der Waals surface area contributed by atoms with Gasteiger partial charge in [0.1, 0.15) is 0 Å². The molecule has 100 valence electrons. The molecule has 0 unspecified atom stereocenters. The third kappa shape index (κ3) is 4.54. The molecule has 0 aromatic carbocycles. The van der Waals surface area contributed by atoms with Crippen LogP contribution in [-0.2, 0) is 0 Å². The average Bonchev–Trinajstić information content (AvgIpc) is 2.75. The van der Waals surface area contributed by atoms with E-state index in [2.05, 4.69) is 43.0 Å². The molecule has 1 rings (SSSR count). The highest BCUT2D eigenvalue weighted by Gasteiger charge is 2.25. The number of hydrogen-bond donors (Lipinski definition) is 2. The van der Waals surface area contributed by atoms with E-state index in [-0.39, 0.29) is 6.04 Å². The SMILES string of the molecule is CC(C)CN(C(=NC(C)C)NN)C1CCCC1. The molecular weight excluding hydrogens is 212 g/mol. The summed E-state index contributed by atoms with van der Waals surface area (Å²) >= 11 is 0. The van der Waals surface area contributed by atoms with Gasteiger partial charge in [-0.3, -0.25) is 5.43 Å². The Morgan fingerprint density at radius 2 is 1.88 bits per heavy atom. The fraction of sp³-hybridized carbons (Fsp3) is 0.923. The van der Waals surface area contributed by atoms with Gasteiger partial charge in [-0.15, -0.1) is 0 Å². The minimum atomic E-state index is 0.275. The van der Waals surface area contributed by atoms with Crippen molar-refractivity contribution >= 4 is 5.96 Å². The van der Waals surface area contributed by atoms with Gasteiger partial charge in [0, 0.05) is 18.6 Å². The fourth-order valence-corrected chi connectivity index (χ4v) is 2.46. The summed E-state index contributed by atoms with van der Waals surface area (Å²) in [6, 6.07) is 0.892. The van der Waals surface area contributed by atoms with Crippen molar-refractivity contribution < 1.29 is 0 Å². The minimum Gasteiger partial charge on any atom is -0.339 e. The predicted molar refractivity (Wildman–Crippen MR) is 73.7 cm³/mol. The van der Waals surface area contributed by atoms with E-state index in [1.807, 2.05) is 0 Å². The second-order valence-corrected chi connectivity index (χ2v) is 5.68. The van der Waals surface area contributed by atoms with Crippen molar-refractivity contribution in [2.24, 2.45) is 16.8 Å². The van der Waals surface area contributed by atoms with Crippen LogP contribution >= 0.6 is 0 Å². The summed E-state index contributed by atoms with van der Waals surface area (Å²) in [5, 5.41) is 0. The molecule has 0 heterocycles. The van der Waals surface area contributed by atoms with E-state index in [1.165, 1.54) is 25.7 Å². The first-order valence-corrected chi connectivity index (χ1v) is 6.85. The maximum absolute atomic E-state index is 5.64. The Balaban J connectivity index is 2.78. The van der Waals surface area contributed by atoms with Gasteiger partial charge in [-0.05, 0) is 32.6 Å². The van der Waals surface area contributed by atoms with E-state index in [0.717, 1.165) is 12.5 Å². The minimum absolute atomic E-state index is 0.275. The van der Waals surface area contributed by atoms with Crippen molar-refractivity contribution in [3.8, 4) is 0 Å². The summed E-state index contributed by atoms with van der Waals surface area (Å²) in [6.07, 6.45) is 5.20. The first kappa shape index (κ1) is 14.3. The largest absolute Gasteiger partial charge is 0.339 e. The van der Waals surface area contributed by atoms with Crippen LogP contribution in [0.5, 0.6) is 0 Å². The molecular formula is C13H28N4. The third-order valence-electron chi connectivity index (χ3n) is 3.11. The van der Waals surface area contributed by atoms with Gasteiger partial charge in [-0.1, -0.05) is 26.7 Å². The summed E-state index contributed by atoms with van der Waals surface area (Å²) in [5.74, 6) is 7.13. The molecule has 0 radical (unpaired) electrons. The van der Waals surface area contributed by atoms with Crippen LogP contribution in [0, 0.1) is 5.92 Å². The van der Waals surface area contributed by atoms with Crippen molar-refractivity contribution in [1.82, 2.24) is 10.3 Å². The standard InChI is InChI=1S/C13H28N4/c1-10(2)9-17(12-7-5-6-8-12)13(16-14)15-11(3)4/h10-12H,5-9,14H2,1-4H3,(H,15,16). The zero-order chi connectivity index (χ0) is 12.8. The highest BCUT2D eigenvalue weighted by Crippen LogP contribution is 2.24. The average molecular weight is 240 g/mol. The number of nitrogens with zero attached hydrogens (tertiary/aromatic N) is 2. The Hall–Kier alpha value is -0.770. The molecule has 3 N–H and O–H groups in total. The van der Waals surface area contributed by atoms with Gasteiger partial charge in [0.05, 0.1) is 0 Å². The molecule has 0 aromatic heterocycles. The molecule has 1 saturated carbocycles. The summed E-state index contributed by atoms with van der Waals surface area (Å²) in [4.78, 5) is 6.97. The number of guanidine groups is 1. The Kier molecular flexibility index (Phi) is 5.75. The molecule has 1 aliphatic rings. The predicted octanol–water partition coefficient (Wildman–Crippen LogP) is 2.11. The van der Waals surface area contributed by atoms with Crippen LogP contribution in [0.4, 0.5) is 0 Å². The Bertz CT molecular complexity index is 242. The highest BCUT2D eigenvalue weighted by atomic mass is 15.4. The summed E-state index contributed by atoms with van der Waals surface area (Å²) in [7, 11) is 0. The van der Waals surface area contributed by atoms with E-state index in [0.29, 0.717) is 12.0 Å². The maximum Gasteiger partial charge on any atom is 0.208 e. The molecule has 0 spiro atoms. The van der Waals surface area contributed by atoms with Crippen LogP contribution in [0.1, 0.15) is 53.4 Å². The van der Waals surface area contributed by atoms with Gasteiger partial charge in [-0.2, -0.15) is 0 Å². The Morgan fingerprint density at radius 1 is 1.29 bits per heavy atom. The molecule has 4 nitrogen and oxygen atoms in total. The summed E-state index contributed by atoms with van der Waals surface area (Å²) in [5.41, 5.74) is 2.79. The molecule has 0 aliphatic heterocycles. The first-order chi connectivity index (χ1) is 8.04. The molecule has 0 amide bonds. The smallest absolute Gasteiger partial charge is 0.208 e. The Labute approximate surface area is 106 Å². The van der Waals surface area contributed by atoms with Crippen molar-refractivity contribution in [2.75, 3.05) is 6.54 Å². The Morgan fingerprint density at radius 3 is 2.29 bits per heavy atom. The van der Waals surface area contributed by atoms with Crippen molar-refractivity contribution in [3.63, 3.8) is 0 Å². The lowest BCUT2D eigenvalue weighted by Gasteiger charge is -2.33. The molecule has 17 heavy (non-hydrogen) atoms. The lowest BCUT2D eigenvalue weighted by molar-refractivity contribution is 0.273. The van der Waals surface area contributed by atoms with Crippen LogP contribution in [0.2, 0.25) is 0 Å². The van der Waals surface area contributed by atoms with E-state index in [4.69, 9.17) is 5.84 Å². The van der Waals surface area contributed by atoms with Crippen molar-refractivity contribution in [1.29, 1.82) is 0 Å². The van der Waals surface area contributed by atoms with E-state index in [9.17, 15) is 0 Å². The van der Waals surface area contributed by atoms with Gasteiger partial charge < -0.3 is 4.90 Å². The summed E-state index contributed by atoms with van der Waals surface area (Å²) in [6.45, 7) is 9.68. The van der Waals surface area contributed by atoms with E-state index >= 15 is 0 Å². The van der Waals surface area contributed by atoms with Crippen LogP contribution < -0.4 is 11.3 Å². The van der Waals surface area contributed by atoms with E-state index in [1.54, 1.807) is 0 Å². The summed E-state index contributed by atoms with van der Waals surface area (Å²) < 4.78 is 0. The maximum atomic E-state index is 5.64. The van der Waals surface area contributed by atoms with Crippen LogP contribution in [-0.4, -0.2) is 29.5 Å². The molecule has 0 saturated heterocycles. The molecule has 4 heteroatoms. The van der Waals surface area contributed by atoms with Crippen LogP contribution in [0.3, 0.4) is 0 Å². The molecule has 0 bridgehead atoms. The molecule has 0 aromatic rings. The third-order valence-corrected chi connectivity index (χ3v) is 3.11. The van der Waals surface area contributed by atoms with Gasteiger partial charge >= 0.3 is 0 Å². The molecule has 1 fully saturated rings. The molecule has 1 aliphatic carbocycles. The van der Waals surface area contributed by atoms with Crippen molar-refractivity contribution in [3.05, 3.63) is 0 Å². The fourth-order valence-electron chi connectivity index (χ4n) is 2.46. The number of rotatable bonds is 4. The van der Waals surface area contributed by atoms with Gasteiger partial charge in [-0.25, -0.2) is 10.8 Å². The van der Waals surface area contributed by atoms with Gasteiger partial charge in [0.2, 0.25) is 5.96 Å². The zero-order valence-electron chi connectivity index (χ0n) is 11.7. The second-order valence-electron chi connectivity index (χ2n) is 5.68. The zero-order valence-corrected chi connectivity index (χ0v) is 11.7. The number of nitrogens with one attached hydrogen (secondary N) is 1. The lowest BCUT2D eigenvalue weighted by atomic mass is 10.1. The number of hydrogen-bond acceptors (Lipinski definition) is 2. The second kappa shape index (κ2) is 6.84. The number of hydrazine groups is 1.